The summed E-state index contributed by atoms with van der Waals surface area (Å²) in [5.41, 5.74) is 1.23. The van der Waals surface area contributed by atoms with Crippen LogP contribution in [0.3, 0.4) is 0 Å². The van der Waals surface area contributed by atoms with Gasteiger partial charge >= 0.3 is 0 Å². The van der Waals surface area contributed by atoms with E-state index < -0.39 is 0 Å². The standard InChI is InChI=1S/C11H18N2O/c1-3-9(2)14-12-11-8-13-6-4-10(11)5-7-13/h3,9-10H,1,4-8H2,2H3. The van der Waals surface area contributed by atoms with Gasteiger partial charge in [0.1, 0.15) is 6.10 Å². The van der Waals surface area contributed by atoms with E-state index in [-0.39, 0.29) is 6.10 Å². The third-order valence-corrected chi connectivity index (χ3v) is 3.11. The Morgan fingerprint density at radius 2 is 2.29 bits per heavy atom. The lowest BCUT2D eigenvalue weighted by Gasteiger charge is -2.39. The molecule has 14 heavy (non-hydrogen) atoms. The van der Waals surface area contributed by atoms with E-state index in [4.69, 9.17) is 4.84 Å². The number of piperidine rings is 3. The lowest BCUT2D eigenvalue weighted by molar-refractivity contribution is 0.0968. The normalized spacial score (nSPS) is 35.6. The molecule has 0 saturated carbocycles. The molecule has 0 aromatic rings. The van der Waals surface area contributed by atoms with Crippen molar-refractivity contribution in [1.82, 2.24) is 4.90 Å². The van der Waals surface area contributed by atoms with Gasteiger partial charge in [-0.1, -0.05) is 11.7 Å². The first-order valence-corrected chi connectivity index (χ1v) is 5.37. The van der Waals surface area contributed by atoms with E-state index in [0.717, 1.165) is 6.54 Å². The summed E-state index contributed by atoms with van der Waals surface area (Å²) >= 11 is 0. The van der Waals surface area contributed by atoms with Crippen LogP contribution in [-0.4, -0.2) is 36.3 Å². The molecular formula is C11H18N2O. The fourth-order valence-electron chi connectivity index (χ4n) is 2.08. The highest BCUT2D eigenvalue weighted by Crippen LogP contribution is 2.25. The van der Waals surface area contributed by atoms with Crippen LogP contribution in [0.4, 0.5) is 0 Å². The summed E-state index contributed by atoms with van der Waals surface area (Å²) in [6.45, 7) is 9.11. The molecule has 0 aromatic carbocycles. The van der Waals surface area contributed by atoms with Gasteiger partial charge in [0.15, 0.2) is 0 Å². The van der Waals surface area contributed by atoms with Crippen LogP contribution in [0.25, 0.3) is 0 Å². The second kappa shape index (κ2) is 4.13. The molecule has 0 aliphatic carbocycles. The van der Waals surface area contributed by atoms with E-state index in [9.17, 15) is 0 Å². The Balaban J connectivity index is 1.94. The summed E-state index contributed by atoms with van der Waals surface area (Å²) in [7, 11) is 0. The van der Waals surface area contributed by atoms with Crippen LogP contribution in [0.5, 0.6) is 0 Å². The predicted octanol–water partition coefficient (Wildman–Crippen LogP) is 1.66. The molecule has 3 rings (SSSR count). The summed E-state index contributed by atoms with van der Waals surface area (Å²) in [5.74, 6) is 0.678. The number of hydrogen-bond acceptors (Lipinski definition) is 3. The highest BCUT2D eigenvalue weighted by Gasteiger charge is 2.31. The lowest BCUT2D eigenvalue weighted by Crippen LogP contribution is -2.48. The first-order chi connectivity index (χ1) is 6.79. The zero-order valence-corrected chi connectivity index (χ0v) is 8.78. The molecule has 3 aliphatic heterocycles. The molecular weight excluding hydrogens is 176 g/mol. The summed E-state index contributed by atoms with van der Waals surface area (Å²) in [6.07, 6.45) is 4.30. The van der Waals surface area contributed by atoms with Crippen molar-refractivity contribution in [3.8, 4) is 0 Å². The van der Waals surface area contributed by atoms with Gasteiger partial charge in [0.2, 0.25) is 0 Å². The van der Waals surface area contributed by atoms with E-state index >= 15 is 0 Å². The molecule has 1 atom stereocenters. The summed E-state index contributed by atoms with van der Waals surface area (Å²) in [4.78, 5) is 7.77. The summed E-state index contributed by atoms with van der Waals surface area (Å²) < 4.78 is 0. The van der Waals surface area contributed by atoms with Crippen molar-refractivity contribution in [2.75, 3.05) is 19.6 Å². The molecule has 3 heteroatoms. The molecule has 0 aromatic heterocycles. The fourth-order valence-corrected chi connectivity index (χ4v) is 2.08. The van der Waals surface area contributed by atoms with Crippen molar-refractivity contribution in [2.45, 2.75) is 25.9 Å². The van der Waals surface area contributed by atoms with Gasteiger partial charge in [-0.2, -0.15) is 0 Å². The van der Waals surface area contributed by atoms with Crippen molar-refractivity contribution in [3.05, 3.63) is 12.7 Å². The van der Waals surface area contributed by atoms with Crippen molar-refractivity contribution < 1.29 is 4.84 Å². The molecule has 0 amide bonds. The van der Waals surface area contributed by atoms with Crippen LogP contribution in [0.2, 0.25) is 0 Å². The van der Waals surface area contributed by atoms with Gasteiger partial charge in [0.05, 0.1) is 5.71 Å². The molecule has 0 spiro atoms. The van der Waals surface area contributed by atoms with Crippen LogP contribution < -0.4 is 0 Å². The number of rotatable bonds is 3. The van der Waals surface area contributed by atoms with E-state index in [1.807, 2.05) is 6.92 Å². The van der Waals surface area contributed by atoms with E-state index in [0.29, 0.717) is 5.92 Å². The fraction of sp³-hybridized carbons (Fsp3) is 0.727. The number of oxime groups is 1. The Kier molecular flexibility index (Phi) is 2.87. The Morgan fingerprint density at radius 3 is 2.79 bits per heavy atom. The zero-order chi connectivity index (χ0) is 9.97. The topological polar surface area (TPSA) is 24.8 Å². The third-order valence-electron chi connectivity index (χ3n) is 3.11. The number of hydrogen-bond donors (Lipinski definition) is 0. The SMILES string of the molecule is C=CC(C)ON=C1CN2CCC1CC2. The van der Waals surface area contributed by atoms with Crippen molar-refractivity contribution in [3.63, 3.8) is 0 Å². The molecule has 0 radical (unpaired) electrons. The molecule has 3 nitrogen and oxygen atoms in total. The smallest absolute Gasteiger partial charge is 0.142 e. The second-order valence-electron chi connectivity index (χ2n) is 4.18. The Hall–Kier alpha value is -0.830. The highest BCUT2D eigenvalue weighted by atomic mass is 16.6. The third kappa shape index (κ3) is 1.98. The van der Waals surface area contributed by atoms with Gasteiger partial charge in [-0.25, -0.2) is 0 Å². The maximum atomic E-state index is 5.33. The maximum Gasteiger partial charge on any atom is 0.142 e. The molecule has 3 aliphatic rings. The van der Waals surface area contributed by atoms with Gasteiger partial charge in [-0.3, -0.25) is 4.90 Å². The minimum Gasteiger partial charge on any atom is -0.389 e. The molecule has 3 heterocycles. The van der Waals surface area contributed by atoms with Crippen LogP contribution in [0.1, 0.15) is 19.8 Å². The molecule has 1 unspecified atom stereocenters. The highest BCUT2D eigenvalue weighted by molar-refractivity contribution is 5.89. The average molecular weight is 194 g/mol. The average Bonchev–Trinajstić information content (AvgIpc) is 2.27. The summed E-state index contributed by atoms with van der Waals surface area (Å²) in [5, 5.41) is 4.24. The Morgan fingerprint density at radius 1 is 1.57 bits per heavy atom. The van der Waals surface area contributed by atoms with Gasteiger partial charge in [-0.05, 0) is 38.9 Å². The lowest BCUT2D eigenvalue weighted by atomic mass is 9.87. The Labute approximate surface area is 85.4 Å². The second-order valence-corrected chi connectivity index (χ2v) is 4.18. The molecule has 3 fully saturated rings. The monoisotopic (exact) mass is 194 g/mol. The first kappa shape index (κ1) is 9.71. The predicted molar refractivity (Wildman–Crippen MR) is 57.3 cm³/mol. The Bertz CT molecular complexity index is 242. The van der Waals surface area contributed by atoms with Crippen LogP contribution in [-0.2, 0) is 4.84 Å². The van der Waals surface area contributed by atoms with Gasteiger partial charge in [0.25, 0.3) is 0 Å². The van der Waals surface area contributed by atoms with Gasteiger partial charge in [-0.15, -0.1) is 0 Å². The minimum absolute atomic E-state index is 0.0259. The quantitative estimate of drug-likeness (QED) is 0.504. The van der Waals surface area contributed by atoms with Crippen molar-refractivity contribution in [2.24, 2.45) is 11.1 Å². The number of nitrogens with zero attached hydrogens (tertiary/aromatic N) is 2. The van der Waals surface area contributed by atoms with E-state index in [1.54, 1.807) is 6.08 Å². The van der Waals surface area contributed by atoms with Crippen molar-refractivity contribution in [1.29, 1.82) is 0 Å². The van der Waals surface area contributed by atoms with E-state index in [2.05, 4.69) is 16.6 Å². The molecule has 0 N–H and O–H groups in total. The maximum absolute atomic E-state index is 5.33. The zero-order valence-electron chi connectivity index (χ0n) is 8.78. The minimum atomic E-state index is 0.0259. The number of fused-ring (bicyclic) bond motifs is 3. The molecule has 3 saturated heterocycles. The van der Waals surface area contributed by atoms with E-state index in [1.165, 1.54) is 31.6 Å². The molecule has 78 valence electrons. The van der Waals surface area contributed by atoms with Crippen molar-refractivity contribution >= 4 is 5.71 Å². The first-order valence-electron chi connectivity index (χ1n) is 5.37. The van der Waals surface area contributed by atoms with Gasteiger partial charge < -0.3 is 4.84 Å². The van der Waals surface area contributed by atoms with Crippen LogP contribution >= 0.6 is 0 Å². The van der Waals surface area contributed by atoms with Gasteiger partial charge in [0, 0.05) is 12.5 Å². The summed E-state index contributed by atoms with van der Waals surface area (Å²) in [6, 6.07) is 0. The van der Waals surface area contributed by atoms with Crippen LogP contribution in [0, 0.1) is 5.92 Å². The largest absolute Gasteiger partial charge is 0.389 e. The molecule has 2 bridgehead atoms. The van der Waals surface area contributed by atoms with Crippen LogP contribution in [0.15, 0.2) is 17.8 Å².